The first-order chi connectivity index (χ1) is 17.5. The number of nitro groups is 1. The minimum Gasteiger partial charge on any atom is -0.487 e. The number of hydrogen-bond donors (Lipinski definition) is 1. The molecule has 0 aromatic heterocycles. The molecule has 3 aromatic rings. The van der Waals surface area contributed by atoms with Crippen molar-refractivity contribution in [2.24, 2.45) is 0 Å². The molecule has 1 aliphatic rings. The smallest absolute Gasteiger partial charge is 0.335 e. The van der Waals surface area contributed by atoms with E-state index in [4.69, 9.17) is 4.74 Å². The lowest BCUT2D eigenvalue weighted by atomic mass is 10.1. The van der Waals surface area contributed by atoms with Gasteiger partial charge in [0.05, 0.1) is 17.8 Å². The number of aryl methyl sites for hydroxylation is 2. The monoisotopic (exact) mass is 723 g/mol. The van der Waals surface area contributed by atoms with E-state index in [-0.39, 0.29) is 17.9 Å². The lowest BCUT2D eigenvalue weighted by Gasteiger charge is -2.27. The third kappa shape index (κ3) is 5.98. The first kappa shape index (κ1) is 26.7. The van der Waals surface area contributed by atoms with Crippen LogP contribution < -0.4 is 15.0 Å². The van der Waals surface area contributed by atoms with E-state index in [1.54, 1.807) is 36.4 Å². The third-order valence-electron chi connectivity index (χ3n) is 5.43. The van der Waals surface area contributed by atoms with Crippen LogP contribution in [0.1, 0.15) is 22.3 Å². The number of barbiturate groups is 1. The third-order valence-corrected chi connectivity index (χ3v) is 7.03. The van der Waals surface area contributed by atoms with Gasteiger partial charge in [-0.25, -0.2) is 9.69 Å². The number of nitro benzene ring substituents is 1. The average molecular weight is 723 g/mol. The summed E-state index contributed by atoms with van der Waals surface area (Å²) in [4.78, 5) is 49.7. The number of halogens is 2. The van der Waals surface area contributed by atoms with Gasteiger partial charge in [0.15, 0.2) is 0 Å². The van der Waals surface area contributed by atoms with Crippen molar-refractivity contribution in [3.05, 3.63) is 99.7 Å². The van der Waals surface area contributed by atoms with Crippen LogP contribution in [-0.4, -0.2) is 22.8 Å². The molecule has 3 aromatic carbocycles. The average Bonchev–Trinajstić information content (AvgIpc) is 2.81. The largest absolute Gasteiger partial charge is 0.487 e. The molecule has 0 radical (unpaired) electrons. The highest BCUT2D eigenvalue weighted by molar-refractivity contribution is 14.1. The molecule has 1 aliphatic heterocycles. The highest BCUT2D eigenvalue weighted by Gasteiger charge is 2.37. The van der Waals surface area contributed by atoms with Gasteiger partial charge in [0.25, 0.3) is 17.5 Å². The Bertz CT molecular complexity index is 1440. The number of rotatable bonds is 6. The fourth-order valence-electron chi connectivity index (χ4n) is 3.81. The molecule has 1 heterocycles. The van der Waals surface area contributed by atoms with Gasteiger partial charge in [-0.1, -0.05) is 6.07 Å². The van der Waals surface area contributed by atoms with Crippen LogP contribution in [0, 0.1) is 31.1 Å². The number of benzene rings is 3. The minimum absolute atomic E-state index is 0.00407. The second kappa shape index (κ2) is 11.0. The maximum absolute atomic E-state index is 13.2. The highest BCUT2D eigenvalue weighted by Crippen LogP contribution is 2.31. The van der Waals surface area contributed by atoms with E-state index >= 15 is 0 Å². The Morgan fingerprint density at radius 3 is 2.14 bits per heavy atom. The van der Waals surface area contributed by atoms with Gasteiger partial charge in [-0.3, -0.25) is 25.0 Å². The number of carbonyl (C=O) groups excluding carboxylic acids is 3. The first-order valence-electron chi connectivity index (χ1n) is 10.9. The normalized spacial score (nSPS) is 14.6. The topological polar surface area (TPSA) is 119 Å². The molecule has 4 amide bonds. The van der Waals surface area contributed by atoms with Gasteiger partial charge in [-0.2, -0.15) is 0 Å². The van der Waals surface area contributed by atoms with Crippen molar-refractivity contribution >= 4 is 80.5 Å². The quantitative estimate of drug-likeness (QED) is 0.115. The Morgan fingerprint density at radius 2 is 1.57 bits per heavy atom. The lowest BCUT2D eigenvalue weighted by molar-refractivity contribution is -0.384. The van der Waals surface area contributed by atoms with E-state index in [0.717, 1.165) is 28.7 Å². The van der Waals surface area contributed by atoms with Gasteiger partial charge < -0.3 is 4.74 Å². The van der Waals surface area contributed by atoms with E-state index in [0.29, 0.717) is 17.0 Å². The Balaban J connectivity index is 1.59. The number of hydrogen-bond acceptors (Lipinski definition) is 6. The van der Waals surface area contributed by atoms with Crippen molar-refractivity contribution in [2.45, 2.75) is 20.5 Å². The predicted molar refractivity (Wildman–Crippen MR) is 154 cm³/mol. The molecule has 0 aliphatic carbocycles. The molecular weight excluding hydrogens is 704 g/mol. The second-order valence-corrected chi connectivity index (χ2v) is 10.7. The summed E-state index contributed by atoms with van der Waals surface area (Å²) in [5, 5.41) is 13.1. The standard InChI is InChI=1S/C26H19I2N3O6/c1-14-7-15(2)9-19(8-14)30-25(33)20(24(32)29-26(30)34)10-17-11-21(27)23(22(28)12-17)37-13-16-3-5-18(6-4-16)31(35)36/h3-12H,13H2,1-2H3,(H,29,32,34)/b20-10+. The van der Waals surface area contributed by atoms with Gasteiger partial charge in [0.1, 0.15) is 17.9 Å². The van der Waals surface area contributed by atoms with Crippen LogP contribution in [0.3, 0.4) is 0 Å². The molecule has 9 nitrogen and oxygen atoms in total. The van der Waals surface area contributed by atoms with E-state index in [1.165, 1.54) is 18.2 Å². The van der Waals surface area contributed by atoms with Crippen LogP contribution in [0.5, 0.6) is 5.75 Å². The molecule has 1 saturated heterocycles. The fraction of sp³-hybridized carbons (Fsp3) is 0.115. The van der Waals surface area contributed by atoms with E-state index in [1.807, 2.05) is 19.9 Å². The molecule has 0 spiro atoms. The summed E-state index contributed by atoms with van der Waals surface area (Å²) in [7, 11) is 0. The zero-order chi connectivity index (χ0) is 26.9. The van der Waals surface area contributed by atoms with Crippen LogP contribution in [0.25, 0.3) is 6.08 Å². The SMILES string of the molecule is Cc1cc(C)cc(N2C(=O)NC(=O)/C(=C\c3cc(I)c(OCc4ccc([N+](=O)[O-])cc4)c(I)c3)C2=O)c1. The summed E-state index contributed by atoms with van der Waals surface area (Å²) in [6.45, 7) is 3.93. The highest BCUT2D eigenvalue weighted by atomic mass is 127. The number of ether oxygens (including phenoxy) is 1. The van der Waals surface area contributed by atoms with Gasteiger partial charge >= 0.3 is 6.03 Å². The van der Waals surface area contributed by atoms with Crippen molar-refractivity contribution in [2.75, 3.05) is 4.90 Å². The number of nitrogens with zero attached hydrogens (tertiary/aromatic N) is 2. The summed E-state index contributed by atoms with van der Waals surface area (Å²) < 4.78 is 7.43. The zero-order valence-electron chi connectivity index (χ0n) is 19.6. The van der Waals surface area contributed by atoms with Crippen molar-refractivity contribution in [3.63, 3.8) is 0 Å². The molecule has 4 rings (SSSR count). The molecular formula is C26H19I2N3O6. The zero-order valence-corrected chi connectivity index (χ0v) is 23.9. The number of non-ortho nitro benzene ring substituents is 1. The predicted octanol–water partition coefficient (Wildman–Crippen LogP) is 5.67. The Labute approximate surface area is 239 Å². The molecule has 1 fully saturated rings. The summed E-state index contributed by atoms with van der Waals surface area (Å²) in [6.07, 6.45) is 1.45. The molecule has 0 bridgehead atoms. The number of urea groups is 1. The number of anilines is 1. The Kier molecular flexibility index (Phi) is 7.92. The van der Waals surface area contributed by atoms with Gasteiger partial charge in [-0.15, -0.1) is 0 Å². The van der Waals surface area contributed by atoms with Crippen LogP contribution >= 0.6 is 45.2 Å². The lowest BCUT2D eigenvalue weighted by Crippen LogP contribution is -2.54. The Morgan fingerprint density at radius 1 is 0.973 bits per heavy atom. The van der Waals surface area contributed by atoms with Gasteiger partial charge in [0, 0.05) is 12.1 Å². The molecule has 0 atom stereocenters. The van der Waals surface area contributed by atoms with Crippen molar-refractivity contribution in [1.82, 2.24) is 5.32 Å². The van der Waals surface area contributed by atoms with Crippen LogP contribution in [-0.2, 0) is 16.2 Å². The molecule has 188 valence electrons. The summed E-state index contributed by atoms with van der Waals surface area (Å²) in [5.41, 5.74) is 3.35. The van der Waals surface area contributed by atoms with E-state index < -0.39 is 22.8 Å². The number of nitrogens with one attached hydrogen (secondary N) is 1. The number of imide groups is 2. The van der Waals surface area contributed by atoms with Crippen LogP contribution in [0.4, 0.5) is 16.2 Å². The molecule has 11 heteroatoms. The molecule has 1 N–H and O–H groups in total. The fourth-order valence-corrected chi connectivity index (χ4v) is 5.94. The number of amides is 4. The maximum atomic E-state index is 13.2. The van der Waals surface area contributed by atoms with Gasteiger partial charge in [0.2, 0.25) is 0 Å². The summed E-state index contributed by atoms with van der Waals surface area (Å²) in [6, 6.07) is 14.2. The van der Waals surface area contributed by atoms with Crippen LogP contribution in [0.15, 0.2) is 60.2 Å². The van der Waals surface area contributed by atoms with Crippen molar-refractivity contribution in [3.8, 4) is 5.75 Å². The molecule has 0 saturated carbocycles. The molecule has 0 unspecified atom stereocenters. The maximum Gasteiger partial charge on any atom is 0.335 e. The van der Waals surface area contributed by atoms with Gasteiger partial charge in [-0.05, 0) is 124 Å². The Hall–Kier alpha value is -3.33. The first-order valence-corrected chi connectivity index (χ1v) is 13.0. The van der Waals surface area contributed by atoms with E-state index in [9.17, 15) is 24.5 Å². The minimum atomic E-state index is -0.795. The van der Waals surface area contributed by atoms with Crippen molar-refractivity contribution in [1.29, 1.82) is 0 Å². The van der Waals surface area contributed by atoms with Crippen LogP contribution in [0.2, 0.25) is 0 Å². The molecule has 37 heavy (non-hydrogen) atoms. The van der Waals surface area contributed by atoms with E-state index in [2.05, 4.69) is 50.5 Å². The summed E-state index contributed by atoms with van der Waals surface area (Å²) in [5.74, 6) is -0.866. The van der Waals surface area contributed by atoms with Crippen molar-refractivity contribution < 1.29 is 24.0 Å². The number of carbonyl (C=O) groups is 3. The second-order valence-electron chi connectivity index (χ2n) is 8.33. The summed E-state index contributed by atoms with van der Waals surface area (Å²) >= 11 is 4.20.